The Hall–Kier alpha value is -0.560. The molecule has 1 N–H and O–H groups in total. The van der Waals surface area contributed by atoms with E-state index in [1.165, 1.54) is 0 Å². The van der Waals surface area contributed by atoms with Crippen molar-refractivity contribution < 1.29 is 14.3 Å². The van der Waals surface area contributed by atoms with E-state index in [0.29, 0.717) is 11.0 Å². The van der Waals surface area contributed by atoms with E-state index in [0.717, 1.165) is 4.31 Å². The van der Waals surface area contributed by atoms with Crippen molar-refractivity contribution in [3.8, 4) is 0 Å². The molecule has 0 aliphatic rings. The van der Waals surface area contributed by atoms with E-state index in [1.54, 1.807) is 20.8 Å². The number of rotatable bonds is 3. The van der Waals surface area contributed by atoms with E-state index in [-0.39, 0.29) is 12.6 Å². The maximum Gasteiger partial charge on any atom is 0.429 e. The van der Waals surface area contributed by atoms with Gasteiger partial charge < -0.3 is 10.1 Å². The van der Waals surface area contributed by atoms with Gasteiger partial charge in [-0.15, -0.1) is 0 Å². The van der Waals surface area contributed by atoms with E-state index in [9.17, 15) is 9.59 Å². The number of nitrogens with one attached hydrogen (secondary N) is 1. The second-order valence-corrected chi connectivity index (χ2v) is 3.70. The number of hydrogen-bond acceptors (Lipinski definition) is 5. The van der Waals surface area contributed by atoms with Crippen LogP contribution in [0.5, 0.6) is 0 Å². The Morgan fingerprint density at radius 2 is 2.14 bits per heavy atom. The Bertz CT molecular complexity index is 211. The van der Waals surface area contributed by atoms with Gasteiger partial charge in [0.1, 0.15) is 0 Å². The lowest BCUT2D eigenvalue weighted by Gasteiger charge is -2.17. The zero-order valence-electron chi connectivity index (χ0n) is 8.31. The summed E-state index contributed by atoms with van der Waals surface area (Å²) in [7, 11) is 0.709. The molecule has 0 bridgehead atoms. The third-order valence-corrected chi connectivity index (χ3v) is 2.08. The highest BCUT2D eigenvalue weighted by atomic mass is 33.1. The van der Waals surface area contributed by atoms with Crippen LogP contribution in [0.4, 0.5) is 9.59 Å². The number of nitrogens with zero attached hydrogens (tertiary/aromatic N) is 1. The second-order valence-electron chi connectivity index (χ2n) is 2.68. The molecule has 0 saturated carbocycles. The zero-order valence-corrected chi connectivity index (χ0v) is 10.0. The van der Waals surface area contributed by atoms with Gasteiger partial charge >= 0.3 is 12.1 Å². The molecule has 7 heteroatoms. The number of carbonyl (C=O) groups is 2. The lowest BCUT2D eigenvalue weighted by Crippen LogP contribution is -2.42. The van der Waals surface area contributed by atoms with Crippen LogP contribution in [-0.4, -0.2) is 29.1 Å². The van der Waals surface area contributed by atoms with Crippen molar-refractivity contribution in [3.63, 3.8) is 0 Å². The highest BCUT2D eigenvalue weighted by Gasteiger charge is 2.22. The zero-order chi connectivity index (χ0) is 11.1. The summed E-state index contributed by atoms with van der Waals surface area (Å²) in [5, 5.41) is 2.55. The number of amides is 3. The molecule has 0 saturated heterocycles. The minimum absolute atomic E-state index is 0.0418. The van der Waals surface area contributed by atoms with Gasteiger partial charge in [0.25, 0.3) is 0 Å². The average Bonchev–Trinajstić information content (AvgIpc) is 2.04. The Morgan fingerprint density at radius 3 is 2.50 bits per heavy atom. The summed E-state index contributed by atoms with van der Waals surface area (Å²) in [5.74, 6) is 0. The van der Waals surface area contributed by atoms with Gasteiger partial charge in [0, 0.05) is 17.0 Å². The van der Waals surface area contributed by atoms with Gasteiger partial charge in [-0.25, -0.2) is 9.59 Å². The number of urea groups is 1. The number of imide groups is 1. The van der Waals surface area contributed by atoms with Gasteiger partial charge in [0.05, 0.1) is 6.61 Å². The summed E-state index contributed by atoms with van der Waals surface area (Å²) in [6.07, 6.45) is -0.717. The Labute approximate surface area is 92.5 Å². The molecule has 0 aliphatic carbocycles. The maximum absolute atomic E-state index is 11.3. The first kappa shape index (κ1) is 13.4. The van der Waals surface area contributed by atoms with Gasteiger partial charge in [-0.1, -0.05) is 11.7 Å². The lowest BCUT2D eigenvalue weighted by molar-refractivity contribution is 0.136. The molecule has 82 valence electrons. The fourth-order valence-electron chi connectivity index (χ4n) is 0.641. The molecular weight excluding hydrogens is 224 g/mol. The minimum Gasteiger partial charge on any atom is -0.449 e. The van der Waals surface area contributed by atoms with Crippen molar-refractivity contribution in [2.75, 3.05) is 6.61 Å². The fourth-order valence-corrected chi connectivity index (χ4v) is 1.31. The monoisotopic (exact) mass is 238 g/mol. The van der Waals surface area contributed by atoms with Gasteiger partial charge in [0.2, 0.25) is 0 Å². The van der Waals surface area contributed by atoms with E-state index in [1.807, 2.05) is 0 Å². The standard InChI is InChI=1S/C7H14N2O3S2/c1-4-12-7(11)9(14-13)6(10)8-5(2)3/h5,13H,4H2,1-3H3,(H,8,10). The van der Waals surface area contributed by atoms with Crippen molar-refractivity contribution in [2.24, 2.45) is 0 Å². The van der Waals surface area contributed by atoms with Crippen molar-refractivity contribution in [1.82, 2.24) is 9.62 Å². The predicted molar refractivity (Wildman–Crippen MR) is 59.1 cm³/mol. The predicted octanol–water partition coefficient (Wildman–Crippen LogP) is 2.06. The van der Waals surface area contributed by atoms with E-state index in [4.69, 9.17) is 0 Å². The molecule has 0 aromatic rings. The third kappa shape index (κ3) is 4.61. The van der Waals surface area contributed by atoms with Gasteiger partial charge in [-0.05, 0) is 20.8 Å². The van der Waals surface area contributed by atoms with Crippen molar-refractivity contribution in [3.05, 3.63) is 0 Å². The molecule has 0 aromatic carbocycles. The molecule has 0 unspecified atom stereocenters. The Kier molecular flexibility index (Phi) is 6.56. The normalized spacial score (nSPS) is 9.79. The summed E-state index contributed by atoms with van der Waals surface area (Å²) in [5.41, 5.74) is 0. The lowest BCUT2D eigenvalue weighted by atomic mass is 10.4. The van der Waals surface area contributed by atoms with E-state index in [2.05, 4.69) is 21.7 Å². The molecule has 0 aliphatic heterocycles. The molecule has 0 radical (unpaired) electrons. The minimum atomic E-state index is -0.717. The van der Waals surface area contributed by atoms with Crippen LogP contribution in [-0.2, 0) is 4.74 Å². The highest BCUT2D eigenvalue weighted by Crippen LogP contribution is 2.15. The summed E-state index contributed by atoms with van der Waals surface area (Å²) >= 11 is 3.79. The van der Waals surface area contributed by atoms with Crippen LogP contribution in [0.25, 0.3) is 0 Å². The van der Waals surface area contributed by atoms with Crippen LogP contribution < -0.4 is 5.32 Å². The van der Waals surface area contributed by atoms with Crippen LogP contribution in [0.1, 0.15) is 20.8 Å². The molecule has 5 nitrogen and oxygen atoms in total. The third-order valence-electron chi connectivity index (χ3n) is 1.11. The van der Waals surface area contributed by atoms with Crippen LogP contribution in [0, 0.1) is 0 Å². The summed E-state index contributed by atoms with van der Waals surface area (Å²) in [6, 6.07) is -0.571. The number of carbonyl (C=O) groups excluding carboxylic acids is 2. The van der Waals surface area contributed by atoms with Crippen LogP contribution in [0.15, 0.2) is 0 Å². The number of ether oxygens (including phenoxy) is 1. The van der Waals surface area contributed by atoms with Crippen LogP contribution in [0.2, 0.25) is 0 Å². The largest absolute Gasteiger partial charge is 0.449 e. The first-order valence-corrected chi connectivity index (χ1v) is 5.94. The SMILES string of the molecule is CCOC(=O)N(SS)C(=O)NC(C)C. The smallest absolute Gasteiger partial charge is 0.429 e. The Morgan fingerprint density at radius 1 is 1.57 bits per heavy atom. The van der Waals surface area contributed by atoms with Crippen LogP contribution >= 0.6 is 22.6 Å². The molecule has 14 heavy (non-hydrogen) atoms. The van der Waals surface area contributed by atoms with Crippen molar-refractivity contribution in [2.45, 2.75) is 26.8 Å². The molecule has 0 rings (SSSR count). The van der Waals surface area contributed by atoms with E-state index >= 15 is 0 Å². The average molecular weight is 238 g/mol. The summed E-state index contributed by atoms with van der Waals surface area (Å²) in [6.45, 7) is 5.48. The Balaban J connectivity index is 4.25. The van der Waals surface area contributed by atoms with Gasteiger partial charge in [-0.3, -0.25) is 0 Å². The number of thiol groups is 1. The maximum atomic E-state index is 11.3. The molecular formula is C7H14N2O3S2. The van der Waals surface area contributed by atoms with Crippen molar-refractivity contribution in [1.29, 1.82) is 0 Å². The number of hydrogen-bond donors (Lipinski definition) is 2. The topological polar surface area (TPSA) is 58.6 Å². The molecule has 0 spiro atoms. The second kappa shape index (κ2) is 6.83. The summed E-state index contributed by atoms with van der Waals surface area (Å²) < 4.78 is 5.47. The molecule has 0 heterocycles. The highest BCUT2D eigenvalue weighted by molar-refractivity contribution is 8.67. The van der Waals surface area contributed by atoms with Crippen molar-refractivity contribution >= 4 is 34.8 Å². The van der Waals surface area contributed by atoms with Gasteiger partial charge in [-0.2, -0.15) is 4.31 Å². The van der Waals surface area contributed by atoms with E-state index < -0.39 is 12.1 Å². The van der Waals surface area contributed by atoms with Crippen LogP contribution in [0.3, 0.4) is 0 Å². The molecule has 0 fully saturated rings. The molecule has 3 amide bonds. The fraction of sp³-hybridized carbons (Fsp3) is 0.714. The first-order valence-electron chi connectivity index (χ1n) is 4.11. The summed E-state index contributed by atoms with van der Waals surface area (Å²) in [4.78, 5) is 22.5. The molecule has 0 aromatic heterocycles. The molecule has 0 atom stereocenters. The quantitative estimate of drug-likeness (QED) is 0.449. The van der Waals surface area contributed by atoms with Gasteiger partial charge in [0.15, 0.2) is 0 Å². The first-order chi connectivity index (χ1) is 6.52.